The molecule has 10 heavy (non-hydrogen) atoms. The van der Waals surface area contributed by atoms with Crippen molar-refractivity contribution < 1.29 is 4.79 Å². The lowest BCUT2D eigenvalue weighted by Gasteiger charge is -2.18. The van der Waals surface area contributed by atoms with Crippen molar-refractivity contribution in [2.45, 2.75) is 18.6 Å². The van der Waals surface area contributed by atoms with E-state index >= 15 is 0 Å². The third kappa shape index (κ3) is 1.92. The van der Waals surface area contributed by atoms with Crippen LogP contribution in [0.3, 0.4) is 0 Å². The second-order valence-corrected chi connectivity index (χ2v) is 5.66. The summed E-state index contributed by atoms with van der Waals surface area (Å²) in [7, 11) is 0. The van der Waals surface area contributed by atoms with Gasteiger partial charge in [-0.3, -0.25) is 4.79 Å². The van der Waals surface area contributed by atoms with E-state index in [1.165, 1.54) is 0 Å². The highest BCUT2D eigenvalue weighted by atomic mass is 32.2. The first-order chi connectivity index (χ1) is 4.63. The molecule has 1 fully saturated rings. The van der Waals surface area contributed by atoms with Crippen LogP contribution in [0.4, 0.5) is 0 Å². The maximum Gasteiger partial charge on any atom is 0.158 e. The van der Waals surface area contributed by atoms with Gasteiger partial charge in [0.25, 0.3) is 0 Å². The fourth-order valence-electron chi connectivity index (χ4n) is 0.775. The molecule has 0 unspecified atom stereocenters. The first kappa shape index (κ1) is 8.47. The number of carbonyl (C=O) groups excluding carboxylic acids is 1. The summed E-state index contributed by atoms with van der Waals surface area (Å²) in [5.74, 6) is 3.34. The highest BCUT2D eigenvalue weighted by Crippen LogP contribution is 2.30. The SMILES string of the molecule is CC1(C)SCCSCC1=O. The summed E-state index contributed by atoms with van der Waals surface area (Å²) in [5.41, 5.74) is 0. The normalized spacial score (nSPS) is 26.0. The lowest BCUT2D eigenvalue weighted by atomic mass is 10.1. The van der Waals surface area contributed by atoms with Crippen LogP contribution in [0, 0.1) is 0 Å². The zero-order valence-corrected chi connectivity index (χ0v) is 7.98. The number of ketones is 1. The van der Waals surface area contributed by atoms with Crippen LogP contribution in [0.5, 0.6) is 0 Å². The molecule has 3 heteroatoms. The summed E-state index contributed by atoms with van der Waals surface area (Å²) in [4.78, 5) is 11.3. The molecule has 0 aromatic heterocycles. The minimum atomic E-state index is -0.122. The van der Waals surface area contributed by atoms with Crippen LogP contribution in [0.15, 0.2) is 0 Å². The summed E-state index contributed by atoms with van der Waals surface area (Å²) in [5, 5.41) is 0. The predicted octanol–water partition coefficient (Wildman–Crippen LogP) is 1.81. The number of hydrogen-bond donors (Lipinski definition) is 0. The first-order valence-corrected chi connectivity index (χ1v) is 5.52. The molecule has 0 N–H and O–H groups in total. The van der Waals surface area contributed by atoms with Crippen LogP contribution < -0.4 is 0 Å². The third-order valence-electron chi connectivity index (χ3n) is 1.60. The molecule has 1 aliphatic rings. The van der Waals surface area contributed by atoms with E-state index in [4.69, 9.17) is 0 Å². The zero-order valence-electron chi connectivity index (χ0n) is 6.35. The molecule has 1 saturated heterocycles. The van der Waals surface area contributed by atoms with Gasteiger partial charge in [0.15, 0.2) is 5.78 Å². The molecule has 58 valence electrons. The average Bonchev–Trinajstić information content (AvgIpc) is 1.96. The zero-order chi connectivity index (χ0) is 7.61. The highest BCUT2D eigenvalue weighted by Gasteiger charge is 2.29. The Balaban J connectivity index is 2.61. The van der Waals surface area contributed by atoms with Crippen molar-refractivity contribution in [2.75, 3.05) is 17.3 Å². The smallest absolute Gasteiger partial charge is 0.158 e. The van der Waals surface area contributed by atoms with Gasteiger partial charge in [-0.15, -0.1) is 11.8 Å². The van der Waals surface area contributed by atoms with Gasteiger partial charge in [-0.2, -0.15) is 11.8 Å². The molecular formula is C7H12OS2. The van der Waals surface area contributed by atoms with Crippen molar-refractivity contribution in [3.8, 4) is 0 Å². The topological polar surface area (TPSA) is 17.1 Å². The lowest BCUT2D eigenvalue weighted by molar-refractivity contribution is -0.118. The maximum atomic E-state index is 11.3. The Kier molecular flexibility index (Phi) is 2.69. The molecule has 1 nitrogen and oxygen atoms in total. The number of carbonyl (C=O) groups is 1. The standard InChI is InChI=1S/C7H12OS2/c1-7(2)6(8)5-9-3-4-10-7/h3-5H2,1-2H3. The van der Waals surface area contributed by atoms with Crippen molar-refractivity contribution in [1.29, 1.82) is 0 Å². The minimum absolute atomic E-state index is 0.122. The second-order valence-electron chi connectivity index (χ2n) is 2.83. The van der Waals surface area contributed by atoms with Gasteiger partial charge in [-0.1, -0.05) is 0 Å². The molecule has 0 aromatic rings. The third-order valence-corrected chi connectivity index (χ3v) is 4.17. The molecule has 1 rings (SSSR count). The highest BCUT2D eigenvalue weighted by molar-refractivity contribution is 8.05. The van der Waals surface area contributed by atoms with Crippen LogP contribution in [0.25, 0.3) is 0 Å². The van der Waals surface area contributed by atoms with Gasteiger partial charge in [0, 0.05) is 11.5 Å². The Hall–Kier alpha value is 0.370. The summed E-state index contributed by atoms with van der Waals surface area (Å²) in [6.07, 6.45) is 0. The van der Waals surface area contributed by atoms with E-state index < -0.39 is 0 Å². The monoisotopic (exact) mass is 176 g/mol. The Morgan fingerprint density at radius 2 is 2.10 bits per heavy atom. The summed E-state index contributed by atoms with van der Waals surface area (Å²) in [6.45, 7) is 4.04. The Labute approximate surface area is 70.3 Å². The Morgan fingerprint density at radius 3 is 2.80 bits per heavy atom. The lowest BCUT2D eigenvalue weighted by Crippen LogP contribution is -2.28. The van der Waals surface area contributed by atoms with Crippen molar-refractivity contribution in [3.05, 3.63) is 0 Å². The summed E-state index contributed by atoms with van der Waals surface area (Å²) >= 11 is 3.53. The van der Waals surface area contributed by atoms with Crippen LogP contribution in [-0.4, -0.2) is 27.8 Å². The van der Waals surface area contributed by atoms with Crippen LogP contribution in [0.1, 0.15) is 13.8 Å². The van der Waals surface area contributed by atoms with Crippen molar-refractivity contribution in [2.24, 2.45) is 0 Å². The van der Waals surface area contributed by atoms with E-state index in [2.05, 4.69) is 0 Å². The van der Waals surface area contributed by atoms with E-state index in [-0.39, 0.29) is 4.75 Å². The van der Waals surface area contributed by atoms with Gasteiger partial charge in [0.2, 0.25) is 0 Å². The van der Waals surface area contributed by atoms with Gasteiger partial charge >= 0.3 is 0 Å². The maximum absolute atomic E-state index is 11.3. The van der Waals surface area contributed by atoms with Gasteiger partial charge in [-0.05, 0) is 13.8 Å². The van der Waals surface area contributed by atoms with Crippen molar-refractivity contribution in [1.82, 2.24) is 0 Å². The molecule has 0 aliphatic carbocycles. The van der Waals surface area contributed by atoms with E-state index in [0.717, 1.165) is 11.5 Å². The Morgan fingerprint density at radius 1 is 1.40 bits per heavy atom. The Bertz CT molecular complexity index is 143. The predicted molar refractivity (Wildman–Crippen MR) is 48.9 cm³/mol. The summed E-state index contributed by atoms with van der Waals surface area (Å²) in [6, 6.07) is 0. The van der Waals surface area contributed by atoms with Gasteiger partial charge in [-0.25, -0.2) is 0 Å². The average molecular weight is 176 g/mol. The van der Waals surface area contributed by atoms with E-state index in [1.807, 2.05) is 13.8 Å². The van der Waals surface area contributed by atoms with Crippen molar-refractivity contribution >= 4 is 29.3 Å². The van der Waals surface area contributed by atoms with Gasteiger partial charge < -0.3 is 0 Å². The van der Waals surface area contributed by atoms with Crippen LogP contribution in [-0.2, 0) is 4.79 Å². The number of thioether (sulfide) groups is 2. The van der Waals surface area contributed by atoms with Gasteiger partial charge in [0.05, 0.1) is 10.5 Å². The van der Waals surface area contributed by atoms with Crippen LogP contribution in [0.2, 0.25) is 0 Å². The molecular weight excluding hydrogens is 164 g/mol. The van der Waals surface area contributed by atoms with Gasteiger partial charge in [0.1, 0.15) is 0 Å². The van der Waals surface area contributed by atoms with E-state index in [0.29, 0.717) is 11.5 Å². The van der Waals surface area contributed by atoms with Crippen molar-refractivity contribution in [3.63, 3.8) is 0 Å². The molecule has 0 bridgehead atoms. The molecule has 0 atom stereocenters. The minimum Gasteiger partial charge on any atom is -0.297 e. The molecule has 0 spiro atoms. The molecule has 1 aliphatic heterocycles. The largest absolute Gasteiger partial charge is 0.297 e. The second kappa shape index (κ2) is 3.18. The molecule has 0 aromatic carbocycles. The quantitative estimate of drug-likeness (QED) is 0.560. The molecule has 0 radical (unpaired) electrons. The number of rotatable bonds is 0. The molecule has 0 amide bonds. The molecule has 1 heterocycles. The first-order valence-electron chi connectivity index (χ1n) is 3.38. The fourth-order valence-corrected chi connectivity index (χ4v) is 3.11. The fraction of sp³-hybridized carbons (Fsp3) is 0.857. The number of Topliss-reactive ketones (excluding diaryl/α,β-unsaturated/α-hetero) is 1. The van der Waals surface area contributed by atoms with E-state index in [9.17, 15) is 4.79 Å². The summed E-state index contributed by atoms with van der Waals surface area (Å²) < 4.78 is -0.122. The molecule has 0 saturated carbocycles. The van der Waals surface area contributed by atoms with Crippen LogP contribution >= 0.6 is 23.5 Å². The number of hydrogen-bond acceptors (Lipinski definition) is 3. The van der Waals surface area contributed by atoms with E-state index in [1.54, 1.807) is 23.5 Å².